The van der Waals surface area contributed by atoms with Crippen molar-refractivity contribution in [2.24, 2.45) is 20.0 Å². The molecule has 0 aromatic heterocycles. The molecule has 0 heterocycles. The van der Waals surface area contributed by atoms with Crippen molar-refractivity contribution < 1.29 is 19.2 Å². The van der Waals surface area contributed by atoms with Gasteiger partial charge < -0.3 is 0 Å². The highest BCUT2D eigenvalue weighted by molar-refractivity contribution is 5.55. The second-order valence-electron chi connectivity index (χ2n) is 4.11. The topological polar surface area (TPSA) is 118 Å². The van der Waals surface area contributed by atoms with Crippen molar-refractivity contribution >= 4 is 35.7 Å². The number of aliphatic imine (C=N–C) groups is 4. The molecule has 1 aliphatic carbocycles. The molecule has 0 N–H and O–H groups in total. The van der Waals surface area contributed by atoms with Gasteiger partial charge in [-0.25, -0.2) is 19.2 Å². The van der Waals surface area contributed by atoms with Crippen molar-refractivity contribution in [3.8, 4) is 0 Å². The van der Waals surface area contributed by atoms with Crippen LogP contribution in [0.4, 0.5) is 11.4 Å². The van der Waals surface area contributed by atoms with E-state index < -0.39 is 0 Å². The SMILES string of the molecule is O=C=NC1=CC(N=C=O)CC1.O=C=Nc1ccc(N=C=O)cc1. The molecule has 8 heteroatoms. The molecule has 0 bridgehead atoms. The van der Waals surface area contributed by atoms with Crippen molar-refractivity contribution in [2.45, 2.75) is 18.9 Å². The maximum Gasteiger partial charge on any atom is 0.240 e. The second-order valence-corrected chi connectivity index (χ2v) is 4.11. The normalized spacial score (nSPS) is 14.4. The van der Waals surface area contributed by atoms with Crippen molar-refractivity contribution in [1.82, 2.24) is 0 Å². The molecule has 0 saturated heterocycles. The molecule has 1 aromatic rings. The Balaban J connectivity index is 0.000000231. The van der Waals surface area contributed by atoms with Gasteiger partial charge in [0.1, 0.15) is 0 Å². The fourth-order valence-corrected chi connectivity index (χ4v) is 1.71. The Morgan fingerprint density at radius 2 is 1.30 bits per heavy atom. The number of benzene rings is 1. The van der Waals surface area contributed by atoms with E-state index in [1.54, 1.807) is 30.3 Å². The standard InChI is InChI=1S/C8H4N2O2.C7H6N2O2/c11-5-9-7-1-2-8(4-3-7)10-6-12;10-4-8-6-1-2-7(3-6)9-5-11/h1-4H;3,6H,1-2H2. The van der Waals surface area contributed by atoms with E-state index >= 15 is 0 Å². The molecule has 0 aliphatic heterocycles. The molecule has 1 aromatic carbocycles. The Kier molecular flexibility index (Phi) is 7.81. The fourth-order valence-electron chi connectivity index (χ4n) is 1.71. The molecule has 23 heavy (non-hydrogen) atoms. The molecular formula is C15H10N4O4. The summed E-state index contributed by atoms with van der Waals surface area (Å²) < 4.78 is 0. The summed E-state index contributed by atoms with van der Waals surface area (Å²) in [7, 11) is 0. The van der Waals surface area contributed by atoms with Crippen LogP contribution < -0.4 is 0 Å². The first-order valence-electron chi connectivity index (χ1n) is 6.35. The molecule has 2 rings (SSSR count). The Morgan fingerprint density at radius 3 is 1.74 bits per heavy atom. The van der Waals surface area contributed by atoms with Crippen LogP contribution in [0.15, 0.2) is 56.0 Å². The average Bonchev–Trinajstić information content (AvgIpc) is 2.99. The van der Waals surface area contributed by atoms with Crippen LogP contribution in [-0.4, -0.2) is 30.4 Å². The Hall–Kier alpha value is -3.52. The lowest BCUT2D eigenvalue weighted by atomic mass is 10.3. The van der Waals surface area contributed by atoms with Gasteiger partial charge in [-0.05, 0) is 43.2 Å². The van der Waals surface area contributed by atoms with Gasteiger partial charge in [0.05, 0.1) is 23.1 Å². The summed E-state index contributed by atoms with van der Waals surface area (Å²) >= 11 is 0. The van der Waals surface area contributed by atoms with Crippen LogP contribution in [0, 0.1) is 0 Å². The Morgan fingerprint density at radius 1 is 0.783 bits per heavy atom. The van der Waals surface area contributed by atoms with E-state index in [4.69, 9.17) is 0 Å². The summed E-state index contributed by atoms with van der Waals surface area (Å²) in [5, 5.41) is 0. The summed E-state index contributed by atoms with van der Waals surface area (Å²) in [6.45, 7) is 0. The van der Waals surface area contributed by atoms with E-state index in [1.165, 1.54) is 24.3 Å². The molecular weight excluding hydrogens is 300 g/mol. The number of rotatable bonds is 4. The minimum Gasteiger partial charge on any atom is -0.211 e. The molecule has 0 radical (unpaired) electrons. The number of nitrogens with zero attached hydrogens (tertiary/aromatic N) is 4. The van der Waals surface area contributed by atoms with Gasteiger partial charge in [-0.3, -0.25) is 0 Å². The first-order valence-corrected chi connectivity index (χ1v) is 6.35. The summed E-state index contributed by atoms with van der Waals surface area (Å²) in [5.41, 5.74) is 1.62. The molecule has 0 spiro atoms. The maximum absolute atomic E-state index is 9.81. The summed E-state index contributed by atoms with van der Waals surface area (Å²) in [4.78, 5) is 52.8. The first-order chi connectivity index (χ1) is 11.2. The molecule has 1 unspecified atom stereocenters. The number of allylic oxidation sites excluding steroid dienone is 1. The van der Waals surface area contributed by atoms with Gasteiger partial charge in [-0.1, -0.05) is 0 Å². The average molecular weight is 310 g/mol. The van der Waals surface area contributed by atoms with Crippen LogP contribution >= 0.6 is 0 Å². The lowest BCUT2D eigenvalue weighted by molar-refractivity contribution is 0.559. The third-order valence-electron chi connectivity index (χ3n) is 2.69. The lowest BCUT2D eigenvalue weighted by Gasteiger charge is -1.90. The Labute approximate surface area is 130 Å². The second kappa shape index (κ2) is 10.2. The number of carbonyl (C=O) groups excluding carboxylic acids is 4. The van der Waals surface area contributed by atoms with Crippen LogP contribution in [0.2, 0.25) is 0 Å². The van der Waals surface area contributed by atoms with Crippen LogP contribution in [0.25, 0.3) is 0 Å². The van der Waals surface area contributed by atoms with Crippen molar-refractivity contribution in [1.29, 1.82) is 0 Å². The third-order valence-corrected chi connectivity index (χ3v) is 2.69. The van der Waals surface area contributed by atoms with E-state index in [9.17, 15) is 19.2 Å². The van der Waals surface area contributed by atoms with Crippen LogP contribution in [0.1, 0.15) is 12.8 Å². The van der Waals surface area contributed by atoms with Crippen LogP contribution in [0.5, 0.6) is 0 Å². The van der Waals surface area contributed by atoms with Crippen molar-refractivity contribution in [2.75, 3.05) is 0 Å². The number of hydrogen-bond acceptors (Lipinski definition) is 8. The first kappa shape index (κ1) is 17.5. The number of isocyanates is 4. The van der Waals surface area contributed by atoms with Gasteiger partial charge in [0.15, 0.2) is 0 Å². The lowest BCUT2D eigenvalue weighted by Crippen LogP contribution is -1.91. The van der Waals surface area contributed by atoms with E-state index in [0.717, 1.165) is 6.42 Å². The maximum atomic E-state index is 9.81. The van der Waals surface area contributed by atoms with Crippen molar-refractivity contribution in [3.63, 3.8) is 0 Å². The zero-order chi connectivity index (χ0) is 16.9. The van der Waals surface area contributed by atoms with Gasteiger partial charge in [0.2, 0.25) is 24.3 Å². The van der Waals surface area contributed by atoms with E-state index in [1.807, 2.05) is 0 Å². The van der Waals surface area contributed by atoms with Gasteiger partial charge in [-0.15, -0.1) is 0 Å². The molecule has 114 valence electrons. The zero-order valence-electron chi connectivity index (χ0n) is 11.8. The largest absolute Gasteiger partial charge is 0.240 e. The molecule has 0 fully saturated rings. The van der Waals surface area contributed by atoms with Gasteiger partial charge in [0, 0.05) is 0 Å². The minimum atomic E-state index is -0.139. The van der Waals surface area contributed by atoms with Crippen LogP contribution in [0.3, 0.4) is 0 Å². The van der Waals surface area contributed by atoms with Gasteiger partial charge in [0.25, 0.3) is 0 Å². The van der Waals surface area contributed by atoms with E-state index in [2.05, 4.69) is 20.0 Å². The predicted octanol–water partition coefficient (Wildman–Crippen LogP) is 2.33. The van der Waals surface area contributed by atoms with Gasteiger partial charge >= 0.3 is 0 Å². The fraction of sp³-hybridized carbons (Fsp3) is 0.200. The molecule has 1 atom stereocenters. The predicted molar refractivity (Wildman–Crippen MR) is 79.4 cm³/mol. The van der Waals surface area contributed by atoms with E-state index in [0.29, 0.717) is 23.5 Å². The highest BCUT2D eigenvalue weighted by Gasteiger charge is 2.13. The highest BCUT2D eigenvalue weighted by Crippen LogP contribution is 2.20. The summed E-state index contributed by atoms with van der Waals surface area (Å²) in [6.07, 6.45) is 8.80. The molecule has 1 aliphatic rings. The van der Waals surface area contributed by atoms with Crippen molar-refractivity contribution in [3.05, 3.63) is 36.0 Å². The highest BCUT2D eigenvalue weighted by atomic mass is 16.1. The Bertz CT molecular complexity index is 722. The van der Waals surface area contributed by atoms with Gasteiger partial charge in [-0.2, -0.15) is 20.0 Å². The molecule has 0 saturated carbocycles. The smallest absolute Gasteiger partial charge is 0.211 e. The molecule has 8 nitrogen and oxygen atoms in total. The number of hydrogen-bond donors (Lipinski definition) is 0. The quantitative estimate of drug-likeness (QED) is 0.626. The molecule has 0 amide bonds. The zero-order valence-corrected chi connectivity index (χ0v) is 11.8. The van der Waals surface area contributed by atoms with E-state index in [-0.39, 0.29) is 6.04 Å². The minimum absolute atomic E-state index is 0.139. The summed E-state index contributed by atoms with van der Waals surface area (Å²) in [5.74, 6) is 0. The summed E-state index contributed by atoms with van der Waals surface area (Å²) in [6, 6.07) is 6.09. The monoisotopic (exact) mass is 310 g/mol. The third kappa shape index (κ3) is 6.65. The van der Waals surface area contributed by atoms with Crippen LogP contribution in [-0.2, 0) is 19.2 Å².